The maximum Gasteiger partial charge on any atom is 0.225 e. The monoisotopic (exact) mass is 374 g/mol. The summed E-state index contributed by atoms with van der Waals surface area (Å²) in [4.78, 5) is 26.5. The summed E-state index contributed by atoms with van der Waals surface area (Å²) in [7, 11) is 0. The third kappa shape index (κ3) is 4.30. The molecule has 146 valence electrons. The first kappa shape index (κ1) is 18.4. The molecular formula is C20H27FN4O2. The molecule has 2 heterocycles. The van der Waals surface area contributed by atoms with Gasteiger partial charge >= 0.3 is 0 Å². The van der Waals surface area contributed by atoms with Gasteiger partial charge in [0.05, 0.1) is 6.04 Å². The molecule has 2 saturated heterocycles. The Labute approximate surface area is 158 Å². The number of hydrogen-bond donors (Lipinski definition) is 3. The van der Waals surface area contributed by atoms with Crippen LogP contribution in [0.15, 0.2) is 24.3 Å². The van der Waals surface area contributed by atoms with Crippen molar-refractivity contribution >= 4 is 11.8 Å². The molecule has 4 unspecified atom stereocenters. The fraction of sp³-hybridized carbons (Fsp3) is 0.600. The Kier molecular flexibility index (Phi) is 5.41. The molecule has 3 aliphatic rings. The normalized spacial score (nSPS) is 30.4. The van der Waals surface area contributed by atoms with E-state index in [0.717, 1.165) is 12.0 Å². The summed E-state index contributed by atoms with van der Waals surface area (Å²) in [6, 6.07) is 6.68. The second-order valence-electron chi connectivity index (χ2n) is 8.02. The summed E-state index contributed by atoms with van der Waals surface area (Å²) >= 11 is 0. The molecule has 7 heteroatoms. The van der Waals surface area contributed by atoms with E-state index in [-0.39, 0.29) is 29.7 Å². The lowest BCUT2D eigenvalue weighted by Crippen LogP contribution is -2.42. The standard InChI is InChI=1S/C20H27FN4O2/c21-14-7-5-13(6-8-14)11-25-12-15(9-20(25)27)22-19(26)10-18-16-3-1-2-4-17(16)23-24-18/h5-8,15-18,23-24H,1-4,9-12H2,(H,22,26). The van der Waals surface area contributed by atoms with Gasteiger partial charge in [0.15, 0.2) is 0 Å². The fourth-order valence-corrected chi connectivity index (χ4v) is 4.66. The summed E-state index contributed by atoms with van der Waals surface area (Å²) < 4.78 is 13.0. The van der Waals surface area contributed by atoms with Crippen molar-refractivity contribution in [1.82, 2.24) is 21.1 Å². The molecule has 0 spiro atoms. The third-order valence-corrected chi connectivity index (χ3v) is 6.06. The van der Waals surface area contributed by atoms with Crippen molar-refractivity contribution in [2.75, 3.05) is 6.54 Å². The van der Waals surface area contributed by atoms with Crippen molar-refractivity contribution in [2.45, 2.75) is 63.2 Å². The zero-order chi connectivity index (χ0) is 18.8. The molecule has 1 saturated carbocycles. The smallest absolute Gasteiger partial charge is 0.225 e. The van der Waals surface area contributed by atoms with Gasteiger partial charge in [-0.15, -0.1) is 0 Å². The van der Waals surface area contributed by atoms with Crippen LogP contribution < -0.4 is 16.2 Å². The number of carbonyl (C=O) groups is 2. The number of benzene rings is 1. The number of halogens is 1. The van der Waals surface area contributed by atoms with Crippen molar-refractivity contribution in [3.8, 4) is 0 Å². The van der Waals surface area contributed by atoms with Gasteiger partial charge in [-0.25, -0.2) is 4.39 Å². The van der Waals surface area contributed by atoms with E-state index in [1.54, 1.807) is 17.0 Å². The number of likely N-dealkylation sites (tertiary alicyclic amines) is 1. The van der Waals surface area contributed by atoms with E-state index in [1.165, 1.54) is 31.4 Å². The lowest BCUT2D eigenvalue weighted by Gasteiger charge is -2.27. The summed E-state index contributed by atoms with van der Waals surface area (Å²) in [5.41, 5.74) is 7.51. The largest absolute Gasteiger partial charge is 0.351 e. The van der Waals surface area contributed by atoms with Crippen molar-refractivity contribution in [3.63, 3.8) is 0 Å². The van der Waals surface area contributed by atoms with Gasteiger partial charge in [-0.2, -0.15) is 0 Å². The number of fused-ring (bicyclic) bond motifs is 1. The lowest BCUT2D eigenvalue weighted by molar-refractivity contribution is -0.128. The number of carbonyl (C=O) groups excluding carboxylic acids is 2. The van der Waals surface area contributed by atoms with E-state index >= 15 is 0 Å². The van der Waals surface area contributed by atoms with Gasteiger partial charge in [0, 0.05) is 38.0 Å². The molecule has 1 aromatic rings. The van der Waals surface area contributed by atoms with Crippen molar-refractivity contribution in [2.24, 2.45) is 5.92 Å². The van der Waals surface area contributed by atoms with Crippen LogP contribution in [0.1, 0.15) is 44.1 Å². The highest BCUT2D eigenvalue weighted by Crippen LogP contribution is 2.31. The molecule has 0 aromatic heterocycles. The summed E-state index contributed by atoms with van der Waals surface area (Å²) in [6.45, 7) is 0.952. The number of amides is 2. The number of hydrazine groups is 1. The Bertz CT molecular complexity index is 696. The first-order chi connectivity index (χ1) is 13.1. The van der Waals surface area contributed by atoms with Crippen LogP contribution in [-0.2, 0) is 16.1 Å². The minimum atomic E-state index is -0.285. The van der Waals surface area contributed by atoms with Gasteiger partial charge in [0.2, 0.25) is 11.8 Å². The van der Waals surface area contributed by atoms with Crippen molar-refractivity contribution in [3.05, 3.63) is 35.6 Å². The first-order valence-electron chi connectivity index (χ1n) is 9.91. The fourth-order valence-electron chi connectivity index (χ4n) is 4.66. The number of nitrogens with one attached hydrogen (secondary N) is 3. The zero-order valence-corrected chi connectivity index (χ0v) is 15.4. The summed E-state index contributed by atoms with van der Waals surface area (Å²) in [5, 5.41) is 3.03. The van der Waals surface area contributed by atoms with Crippen LogP contribution in [-0.4, -0.2) is 41.4 Å². The van der Waals surface area contributed by atoms with E-state index in [1.807, 2.05) is 0 Å². The highest BCUT2D eigenvalue weighted by Gasteiger charge is 2.38. The van der Waals surface area contributed by atoms with Crippen LogP contribution in [0.4, 0.5) is 4.39 Å². The molecule has 27 heavy (non-hydrogen) atoms. The van der Waals surface area contributed by atoms with Gasteiger partial charge in [0.1, 0.15) is 5.82 Å². The van der Waals surface area contributed by atoms with E-state index in [9.17, 15) is 14.0 Å². The van der Waals surface area contributed by atoms with Crippen LogP contribution >= 0.6 is 0 Å². The predicted molar refractivity (Wildman–Crippen MR) is 98.8 cm³/mol. The van der Waals surface area contributed by atoms with Crippen LogP contribution in [0.25, 0.3) is 0 Å². The van der Waals surface area contributed by atoms with Gasteiger partial charge in [-0.05, 0) is 36.5 Å². The molecule has 2 aliphatic heterocycles. The van der Waals surface area contributed by atoms with Crippen LogP contribution in [0.2, 0.25) is 0 Å². The second kappa shape index (κ2) is 7.94. The average molecular weight is 374 g/mol. The number of rotatable bonds is 5. The highest BCUT2D eigenvalue weighted by atomic mass is 19.1. The Morgan fingerprint density at radius 2 is 1.96 bits per heavy atom. The Morgan fingerprint density at radius 1 is 1.19 bits per heavy atom. The van der Waals surface area contributed by atoms with Crippen molar-refractivity contribution < 1.29 is 14.0 Å². The Hall–Kier alpha value is -1.99. The molecule has 0 bridgehead atoms. The molecule has 1 aromatic carbocycles. The molecular weight excluding hydrogens is 347 g/mol. The molecule has 6 nitrogen and oxygen atoms in total. The number of hydrogen-bond acceptors (Lipinski definition) is 4. The Balaban J connectivity index is 1.26. The van der Waals surface area contributed by atoms with E-state index in [4.69, 9.17) is 0 Å². The number of nitrogens with zero attached hydrogens (tertiary/aromatic N) is 1. The summed E-state index contributed by atoms with van der Waals surface area (Å²) in [5.74, 6) is 0.260. The molecule has 4 atom stereocenters. The maximum absolute atomic E-state index is 13.0. The maximum atomic E-state index is 13.0. The molecule has 3 fully saturated rings. The SMILES string of the molecule is O=C(CC1NNC2CCCCC21)NC1CC(=O)N(Cc2ccc(F)cc2)C1. The predicted octanol–water partition coefficient (Wildman–Crippen LogP) is 1.47. The minimum Gasteiger partial charge on any atom is -0.351 e. The second-order valence-corrected chi connectivity index (χ2v) is 8.02. The quantitative estimate of drug-likeness (QED) is 0.730. The molecule has 3 N–H and O–H groups in total. The minimum absolute atomic E-state index is 0.00181. The Morgan fingerprint density at radius 3 is 2.78 bits per heavy atom. The molecule has 2 amide bonds. The lowest BCUT2D eigenvalue weighted by atomic mass is 9.81. The van der Waals surface area contributed by atoms with E-state index < -0.39 is 0 Å². The molecule has 4 rings (SSSR count). The highest BCUT2D eigenvalue weighted by molar-refractivity contribution is 5.82. The molecule has 1 aliphatic carbocycles. The van der Waals surface area contributed by atoms with Crippen LogP contribution in [0.3, 0.4) is 0 Å². The van der Waals surface area contributed by atoms with Gasteiger partial charge in [-0.1, -0.05) is 25.0 Å². The summed E-state index contributed by atoms with van der Waals surface area (Å²) in [6.07, 6.45) is 5.59. The topological polar surface area (TPSA) is 73.5 Å². The van der Waals surface area contributed by atoms with Crippen LogP contribution in [0, 0.1) is 11.7 Å². The van der Waals surface area contributed by atoms with Gasteiger partial charge < -0.3 is 10.2 Å². The first-order valence-corrected chi connectivity index (χ1v) is 9.91. The van der Waals surface area contributed by atoms with E-state index in [2.05, 4.69) is 16.2 Å². The average Bonchev–Trinajstić information content (AvgIpc) is 3.21. The molecule has 0 radical (unpaired) electrons. The van der Waals surface area contributed by atoms with Crippen molar-refractivity contribution in [1.29, 1.82) is 0 Å². The van der Waals surface area contributed by atoms with Gasteiger partial charge in [-0.3, -0.25) is 20.4 Å². The zero-order valence-electron chi connectivity index (χ0n) is 15.4. The van der Waals surface area contributed by atoms with E-state index in [0.29, 0.717) is 37.9 Å². The van der Waals surface area contributed by atoms with Gasteiger partial charge in [0.25, 0.3) is 0 Å². The van der Waals surface area contributed by atoms with Crippen LogP contribution in [0.5, 0.6) is 0 Å². The third-order valence-electron chi connectivity index (χ3n) is 6.06.